The molecule has 2 N–H and O–H groups in total. The van der Waals surface area contributed by atoms with Crippen molar-refractivity contribution in [2.75, 3.05) is 6.61 Å². The third kappa shape index (κ3) is 13.1. The van der Waals surface area contributed by atoms with E-state index in [2.05, 4.69) is 27.7 Å². The average Bonchev–Trinajstić information content (AvgIpc) is 2.59. The van der Waals surface area contributed by atoms with Crippen LogP contribution in [0.4, 0.5) is 0 Å². The summed E-state index contributed by atoms with van der Waals surface area (Å²) in [7, 11) is 0. The summed E-state index contributed by atoms with van der Waals surface area (Å²) in [5.41, 5.74) is 0.0272. The SMILES string of the molecule is CCCCCCCCCCCCCCCC(O)C(CO)C(C)(C)CCC. The van der Waals surface area contributed by atoms with Gasteiger partial charge in [-0.15, -0.1) is 0 Å². The van der Waals surface area contributed by atoms with Crippen molar-refractivity contribution in [1.29, 1.82) is 0 Å². The molecule has 0 bridgehead atoms. The lowest BCUT2D eigenvalue weighted by Gasteiger charge is -2.36. The number of rotatable bonds is 19. The fourth-order valence-electron chi connectivity index (χ4n) is 4.29. The molecule has 0 aromatic heterocycles. The number of unbranched alkanes of at least 4 members (excludes halogenated alkanes) is 12. The van der Waals surface area contributed by atoms with Gasteiger partial charge in [0.15, 0.2) is 0 Å². The Kier molecular flexibility index (Phi) is 17.0. The van der Waals surface area contributed by atoms with Gasteiger partial charge < -0.3 is 10.2 Å². The summed E-state index contributed by atoms with van der Waals surface area (Å²) in [5.74, 6) is 0.0137. The number of aliphatic hydroxyl groups is 2. The fraction of sp³-hybridized carbons (Fsp3) is 1.00. The molecule has 2 heteroatoms. The second-order valence-corrected chi connectivity index (χ2v) is 9.13. The molecule has 0 saturated carbocycles. The van der Waals surface area contributed by atoms with E-state index in [1.54, 1.807) is 0 Å². The first-order valence-corrected chi connectivity index (χ1v) is 11.8. The number of aliphatic hydroxyl groups excluding tert-OH is 2. The van der Waals surface area contributed by atoms with Gasteiger partial charge >= 0.3 is 0 Å². The van der Waals surface area contributed by atoms with E-state index in [4.69, 9.17) is 0 Å². The van der Waals surface area contributed by atoms with Crippen LogP contribution in [0.5, 0.6) is 0 Å². The van der Waals surface area contributed by atoms with Crippen LogP contribution in [0.3, 0.4) is 0 Å². The monoisotopic (exact) mass is 370 g/mol. The lowest BCUT2D eigenvalue weighted by molar-refractivity contribution is -0.0114. The van der Waals surface area contributed by atoms with Crippen LogP contribution in [0.15, 0.2) is 0 Å². The molecule has 0 aliphatic rings. The molecule has 0 aliphatic heterocycles. The van der Waals surface area contributed by atoms with Gasteiger partial charge in [0.2, 0.25) is 0 Å². The van der Waals surface area contributed by atoms with Crippen molar-refractivity contribution in [3.05, 3.63) is 0 Å². The number of hydrogen-bond acceptors (Lipinski definition) is 2. The Morgan fingerprint density at radius 3 is 1.46 bits per heavy atom. The molecule has 0 heterocycles. The molecule has 0 spiro atoms. The van der Waals surface area contributed by atoms with Crippen LogP contribution in [0, 0.1) is 11.3 Å². The summed E-state index contributed by atoms with van der Waals surface area (Å²) in [5, 5.41) is 20.2. The standard InChI is InChI=1S/C24H50O2/c1-5-7-8-9-10-11-12-13-14-15-16-17-18-19-23(26)22(21-25)24(3,4)20-6-2/h22-23,25-26H,5-21H2,1-4H3. The molecule has 2 nitrogen and oxygen atoms in total. The Hall–Kier alpha value is -0.0800. The first-order valence-electron chi connectivity index (χ1n) is 11.8. The van der Waals surface area contributed by atoms with Crippen LogP contribution >= 0.6 is 0 Å². The van der Waals surface area contributed by atoms with Crippen molar-refractivity contribution in [2.45, 2.75) is 137 Å². The van der Waals surface area contributed by atoms with Gasteiger partial charge in [0, 0.05) is 12.5 Å². The molecule has 2 unspecified atom stereocenters. The van der Waals surface area contributed by atoms with Gasteiger partial charge in [-0.3, -0.25) is 0 Å². The molecule has 0 rings (SSSR count). The maximum Gasteiger partial charge on any atom is 0.0595 e. The normalized spacial score (nSPS) is 14.5. The van der Waals surface area contributed by atoms with Crippen LogP contribution in [0.1, 0.15) is 130 Å². The fourth-order valence-corrected chi connectivity index (χ4v) is 4.29. The predicted octanol–water partition coefficient (Wildman–Crippen LogP) is 7.26. The minimum absolute atomic E-state index is 0.0137. The second-order valence-electron chi connectivity index (χ2n) is 9.13. The Bertz CT molecular complexity index is 288. The molecule has 26 heavy (non-hydrogen) atoms. The van der Waals surface area contributed by atoms with Crippen molar-refractivity contribution in [1.82, 2.24) is 0 Å². The van der Waals surface area contributed by atoms with Gasteiger partial charge in [-0.1, -0.05) is 118 Å². The van der Waals surface area contributed by atoms with Crippen molar-refractivity contribution in [3.63, 3.8) is 0 Å². The molecule has 158 valence electrons. The summed E-state index contributed by atoms with van der Waals surface area (Å²) in [6.07, 6.45) is 20.3. The minimum atomic E-state index is -0.353. The van der Waals surface area contributed by atoms with Crippen LogP contribution in [-0.4, -0.2) is 22.9 Å². The van der Waals surface area contributed by atoms with Gasteiger partial charge in [0.1, 0.15) is 0 Å². The second kappa shape index (κ2) is 17.0. The summed E-state index contributed by atoms with van der Waals surface area (Å²) in [4.78, 5) is 0. The van der Waals surface area contributed by atoms with Crippen molar-refractivity contribution >= 4 is 0 Å². The molecule has 0 aliphatic carbocycles. The van der Waals surface area contributed by atoms with Crippen LogP contribution in [0.2, 0.25) is 0 Å². The molecular formula is C24H50O2. The lowest BCUT2D eigenvalue weighted by Crippen LogP contribution is -2.37. The molecule has 0 amide bonds. The quantitative estimate of drug-likeness (QED) is 0.235. The topological polar surface area (TPSA) is 40.5 Å². The van der Waals surface area contributed by atoms with Gasteiger partial charge in [-0.05, 0) is 18.3 Å². The highest BCUT2D eigenvalue weighted by Gasteiger charge is 2.33. The third-order valence-corrected chi connectivity index (χ3v) is 6.16. The zero-order chi connectivity index (χ0) is 19.7. The zero-order valence-electron chi connectivity index (χ0n) is 18.6. The van der Waals surface area contributed by atoms with E-state index >= 15 is 0 Å². The maximum absolute atomic E-state index is 10.5. The molecule has 0 aromatic rings. The molecule has 2 atom stereocenters. The number of hydrogen-bond donors (Lipinski definition) is 2. The summed E-state index contributed by atoms with van der Waals surface area (Å²) < 4.78 is 0. The smallest absolute Gasteiger partial charge is 0.0595 e. The summed E-state index contributed by atoms with van der Waals surface area (Å²) in [6, 6.07) is 0. The largest absolute Gasteiger partial charge is 0.396 e. The average molecular weight is 371 g/mol. The molecule has 0 radical (unpaired) electrons. The van der Waals surface area contributed by atoms with Crippen LogP contribution in [0.25, 0.3) is 0 Å². The van der Waals surface area contributed by atoms with E-state index in [0.29, 0.717) is 0 Å². The van der Waals surface area contributed by atoms with Crippen molar-refractivity contribution in [2.24, 2.45) is 11.3 Å². The highest BCUT2D eigenvalue weighted by molar-refractivity contribution is 4.83. The van der Waals surface area contributed by atoms with E-state index in [-0.39, 0.29) is 24.0 Å². The van der Waals surface area contributed by atoms with E-state index in [1.807, 2.05) is 0 Å². The van der Waals surface area contributed by atoms with Gasteiger partial charge in [0.25, 0.3) is 0 Å². The molecule has 0 aromatic carbocycles. The van der Waals surface area contributed by atoms with Crippen molar-refractivity contribution < 1.29 is 10.2 Å². The summed E-state index contributed by atoms with van der Waals surface area (Å²) >= 11 is 0. The molecular weight excluding hydrogens is 320 g/mol. The Labute approximate surface area is 165 Å². The third-order valence-electron chi connectivity index (χ3n) is 6.16. The predicted molar refractivity (Wildman–Crippen MR) is 116 cm³/mol. The van der Waals surface area contributed by atoms with E-state index in [1.165, 1.54) is 77.0 Å². The molecule has 0 fully saturated rings. The van der Waals surface area contributed by atoms with Crippen molar-refractivity contribution in [3.8, 4) is 0 Å². The maximum atomic E-state index is 10.5. The van der Waals surface area contributed by atoms with Crippen LogP contribution in [-0.2, 0) is 0 Å². The van der Waals surface area contributed by atoms with Gasteiger partial charge in [-0.25, -0.2) is 0 Å². The lowest BCUT2D eigenvalue weighted by atomic mass is 9.72. The van der Waals surface area contributed by atoms with Crippen LogP contribution < -0.4 is 0 Å². The Morgan fingerprint density at radius 2 is 1.08 bits per heavy atom. The van der Waals surface area contributed by atoms with E-state index < -0.39 is 0 Å². The van der Waals surface area contributed by atoms with E-state index in [9.17, 15) is 10.2 Å². The Morgan fingerprint density at radius 1 is 0.654 bits per heavy atom. The highest BCUT2D eigenvalue weighted by Crippen LogP contribution is 2.35. The zero-order valence-corrected chi connectivity index (χ0v) is 18.6. The summed E-state index contributed by atoms with van der Waals surface area (Å²) in [6.45, 7) is 8.93. The minimum Gasteiger partial charge on any atom is -0.396 e. The Balaban J connectivity index is 3.56. The first kappa shape index (κ1) is 25.9. The van der Waals surface area contributed by atoms with Gasteiger partial charge in [-0.2, -0.15) is 0 Å². The van der Waals surface area contributed by atoms with E-state index in [0.717, 1.165) is 25.7 Å². The first-order chi connectivity index (χ1) is 12.5. The highest BCUT2D eigenvalue weighted by atomic mass is 16.3. The molecule has 0 saturated heterocycles. The van der Waals surface area contributed by atoms with Gasteiger partial charge in [0.05, 0.1) is 6.10 Å².